The van der Waals surface area contributed by atoms with Crippen LogP contribution in [0.5, 0.6) is 0 Å². The van der Waals surface area contributed by atoms with Gasteiger partial charge in [0.15, 0.2) is 0 Å². The molecule has 1 aromatic heterocycles. The van der Waals surface area contributed by atoms with Crippen molar-refractivity contribution in [3.05, 3.63) is 17.5 Å². The molecule has 0 fully saturated rings. The third-order valence-electron chi connectivity index (χ3n) is 1.35. The van der Waals surface area contributed by atoms with Gasteiger partial charge in [-0.3, -0.25) is 9.48 Å². The van der Waals surface area contributed by atoms with E-state index in [-0.39, 0.29) is 0 Å². The molecule has 0 N–H and O–H groups in total. The highest BCUT2D eigenvalue weighted by Crippen LogP contribution is 2.00. The van der Waals surface area contributed by atoms with Gasteiger partial charge in [0.1, 0.15) is 0 Å². The van der Waals surface area contributed by atoms with Crippen LogP contribution in [0.2, 0.25) is 0 Å². The third-order valence-corrected chi connectivity index (χ3v) is 1.35. The molecule has 0 aliphatic rings. The highest BCUT2D eigenvalue weighted by molar-refractivity contribution is 5.54. The lowest BCUT2D eigenvalue weighted by atomic mass is 10.3. The van der Waals surface area contributed by atoms with Crippen molar-refractivity contribution in [3.63, 3.8) is 0 Å². The minimum atomic E-state index is 0.331. The van der Waals surface area contributed by atoms with Crippen LogP contribution in [0.1, 0.15) is 11.4 Å². The first-order valence-corrected chi connectivity index (χ1v) is 3.08. The average Bonchev–Trinajstić information content (AvgIpc) is 2.13. The lowest BCUT2D eigenvalue weighted by molar-refractivity contribution is 0.552. The molecule has 0 aliphatic carbocycles. The number of hydrogen-bond donors (Lipinski definition) is 0. The second-order valence-electron chi connectivity index (χ2n) is 2.22. The summed E-state index contributed by atoms with van der Waals surface area (Å²) in [6.45, 7) is 1.90. The smallest absolute Gasteiger partial charge is 0.204 e. The van der Waals surface area contributed by atoms with Crippen LogP contribution in [-0.4, -0.2) is 16.1 Å². The summed E-state index contributed by atoms with van der Waals surface area (Å²) in [4.78, 5) is 9.97. The van der Waals surface area contributed by atoms with E-state index in [0.29, 0.717) is 6.42 Å². The number of rotatable bonds is 2. The summed E-state index contributed by atoms with van der Waals surface area (Å²) in [5.74, 6) is 0. The minimum absolute atomic E-state index is 0.331. The van der Waals surface area contributed by atoms with Crippen molar-refractivity contribution in [3.8, 4) is 0 Å². The molecule has 0 aliphatic heterocycles. The van der Waals surface area contributed by atoms with Gasteiger partial charge in [-0.05, 0) is 13.0 Å². The molecular weight excluding hydrogens is 128 g/mol. The molecule has 1 rings (SSSR count). The molecular formula is C7H9N2O. The molecule has 0 amide bonds. The summed E-state index contributed by atoms with van der Waals surface area (Å²) < 4.78 is 1.69. The molecule has 10 heavy (non-hydrogen) atoms. The Morgan fingerprint density at radius 3 is 2.90 bits per heavy atom. The monoisotopic (exact) mass is 137 g/mol. The van der Waals surface area contributed by atoms with Crippen molar-refractivity contribution in [1.29, 1.82) is 0 Å². The van der Waals surface area contributed by atoms with E-state index in [2.05, 4.69) is 5.10 Å². The van der Waals surface area contributed by atoms with Gasteiger partial charge in [0.05, 0.1) is 12.1 Å². The number of nitrogens with zero attached hydrogens (tertiary/aromatic N) is 2. The molecule has 0 spiro atoms. The quantitative estimate of drug-likeness (QED) is 0.590. The largest absolute Gasteiger partial charge is 0.290 e. The lowest BCUT2D eigenvalue weighted by Crippen LogP contribution is -1.98. The summed E-state index contributed by atoms with van der Waals surface area (Å²) in [6, 6.07) is 1.88. The van der Waals surface area contributed by atoms with Gasteiger partial charge in [0.25, 0.3) is 0 Å². The highest BCUT2D eigenvalue weighted by atomic mass is 16.1. The SMILES string of the molecule is Cc1cc(C[C]=O)n(C)n1. The molecule has 1 aromatic rings. The van der Waals surface area contributed by atoms with E-state index in [0.717, 1.165) is 11.4 Å². The second-order valence-corrected chi connectivity index (χ2v) is 2.22. The van der Waals surface area contributed by atoms with Crippen molar-refractivity contribution in [2.45, 2.75) is 13.3 Å². The van der Waals surface area contributed by atoms with Crippen LogP contribution in [0.15, 0.2) is 6.07 Å². The lowest BCUT2D eigenvalue weighted by Gasteiger charge is -1.91. The highest BCUT2D eigenvalue weighted by Gasteiger charge is 1.99. The van der Waals surface area contributed by atoms with Gasteiger partial charge in [0.2, 0.25) is 6.29 Å². The van der Waals surface area contributed by atoms with Crippen molar-refractivity contribution in [2.75, 3.05) is 0 Å². The number of carbonyl (C=O) groups excluding carboxylic acids is 1. The van der Waals surface area contributed by atoms with Crippen molar-refractivity contribution < 1.29 is 4.79 Å². The zero-order chi connectivity index (χ0) is 7.56. The van der Waals surface area contributed by atoms with E-state index < -0.39 is 0 Å². The first kappa shape index (κ1) is 6.99. The third kappa shape index (κ3) is 1.23. The number of aryl methyl sites for hydroxylation is 2. The molecule has 0 atom stereocenters. The number of aromatic nitrogens is 2. The fourth-order valence-corrected chi connectivity index (χ4v) is 0.904. The van der Waals surface area contributed by atoms with Gasteiger partial charge in [-0.25, -0.2) is 0 Å². The van der Waals surface area contributed by atoms with E-state index in [1.54, 1.807) is 4.68 Å². The second kappa shape index (κ2) is 2.64. The van der Waals surface area contributed by atoms with Crippen LogP contribution in [0.4, 0.5) is 0 Å². The molecule has 0 saturated heterocycles. The maximum atomic E-state index is 9.97. The molecule has 3 heteroatoms. The van der Waals surface area contributed by atoms with Crippen LogP contribution >= 0.6 is 0 Å². The van der Waals surface area contributed by atoms with Gasteiger partial charge in [-0.2, -0.15) is 5.10 Å². The molecule has 1 radical (unpaired) electrons. The Morgan fingerprint density at radius 2 is 2.50 bits per heavy atom. The zero-order valence-corrected chi connectivity index (χ0v) is 6.09. The normalized spacial score (nSPS) is 9.80. The van der Waals surface area contributed by atoms with Crippen LogP contribution in [0.3, 0.4) is 0 Å². The molecule has 1 heterocycles. The summed E-state index contributed by atoms with van der Waals surface area (Å²) in [5.41, 5.74) is 1.85. The summed E-state index contributed by atoms with van der Waals surface area (Å²) in [6.07, 6.45) is 2.16. The van der Waals surface area contributed by atoms with Crippen molar-refractivity contribution >= 4 is 6.29 Å². The summed E-state index contributed by atoms with van der Waals surface area (Å²) in [5, 5.41) is 4.07. The standard InChI is InChI=1S/C7H9N2O/c1-6-5-7(3-4-10)9(2)8-6/h5H,3H2,1-2H3. The van der Waals surface area contributed by atoms with Crippen LogP contribution in [-0.2, 0) is 18.3 Å². The van der Waals surface area contributed by atoms with E-state index in [9.17, 15) is 4.79 Å². The van der Waals surface area contributed by atoms with E-state index in [1.807, 2.05) is 26.3 Å². The van der Waals surface area contributed by atoms with Gasteiger partial charge in [-0.15, -0.1) is 0 Å². The molecule has 0 unspecified atom stereocenters. The fourth-order valence-electron chi connectivity index (χ4n) is 0.904. The summed E-state index contributed by atoms with van der Waals surface area (Å²) >= 11 is 0. The maximum absolute atomic E-state index is 9.97. The van der Waals surface area contributed by atoms with Crippen LogP contribution in [0.25, 0.3) is 0 Å². The minimum Gasteiger partial charge on any atom is -0.290 e. The first-order chi connectivity index (χ1) is 4.74. The maximum Gasteiger partial charge on any atom is 0.204 e. The van der Waals surface area contributed by atoms with E-state index in [1.165, 1.54) is 0 Å². The molecule has 0 aromatic carbocycles. The van der Waals surface area contributed by atoms with Gasteiger partial charge in [-0.1, -0.05) is 0 Å². The number of hydrogen-bond acceptors (Lipinski definition) is 2. The van der Waals surface area contributed by atoms with Crippen molar-refractivity contribution in [1.82, 2.24) is 9.78 Å². The van der Waals surface area contributed by atoms with Crippen molar-refractivity contribution in [2.24, 2.45) is 7.05 Å². The zero-order valence-electron chi connectivity index (χ0n) is 6.09. The Morgan fingerprint density at radius 1 is 1.80 bits per heavy atom. The summed E-state index contributed by atoms with van der Waals surface area (Å²) in [7, 11) is 1.82. The Labute approximate surface area is 59.7 Å². The predicted molar refractivity (Wildman–Crippen MR) is 37.3 cm³/mol. The van der Waals surface area contributed by atoms with Gasteiger partial charge >= 0.3 is 0 Å². The van der Waals surface area contributed by atoms with Crippen LogP contribution in [0, 0.1) is 6.92 Å². The Hall–Kier alpha value is -1.12. The average molecular weight is 137 g/mol. The van der Waals surface area contributed by atoms with Gasteiger partial charge < -0.3 is 0 Å². The van der Waals surface area contributed by atoms with E-state index in [4.69, 9.17) is 0 Å². The van der Waals surface area contributed by atoms with Gasteiger partial charge in [0, 0.05) is 12.7 Å². The van der Waals surface area contributed by atoms with E-state index >= 15 is 0 Å². The topological polar surface area (TPSA) is 34.9 Å². The molecule has 3 nitrogen and oxygen atoms in total. The molecule has 53 valence electrons. The Kier molecular flexibility index (Phi) is 1.85. The predicted octanol–water partition coefficient (Wildman–Crippen LogP) is 0.381. The van der Waals surface area contributed by atoms with Crippen LogP contribution < -0.4 is 0 Å². The first-order valence-electron chi connectivity index (χ1n) is 3.08. The molecule has 0 saturated carbocycles. The Balaban J connectivity index is 2.91. The fraction of sp³-hybridized carbons (Fsp3) is 0.429. The Bertz CT molecular complexity index is 240. The molecule has 0 bridgehead atoms.